The van der Waals surface area contributed by atoms with Crippen LogP contribution in [0.2, 0.25) is 0 Å². The van der Waals surface area contributed by atoms with E-state index in [0.29, 0.717) is 23.2 Å². The van der Waals surface area contributed by atoms with Gasteiger partial charge in [0.05, 0.1) is 23.4 Å². The summed E-state index contributed by atoms with van der Waals surface area (Å²) in [6.45, 7) is 3.82. The van der Waals surface area contributed by atoms with Crippen molar-refractivity contribution in [1.82, 2.24) is 0 Å². The van der Waals surface area contributed by atoms with Crippen LogP contribution in [0.3, 0.4) is 0 Å². The number of nitrogens with two attached hydrogens (primary N) is 1. The second-order valence-corrected chi connectivity index (χ2v) is 6.17. The number of anilines is 1. The molecule has 0 unspecified atom stereocenters. The van der Waals surface area contributed by atoms with Gasteiger partial charge in [-0.1, -0.05) is 24.3 Å². The van der Waals surface area contributed by atoms with Gasteiger partial charge in [0.1, 0.15) is 6.04 Å². The van der Waals surface area contributed by atoms with Gasteiger partial charge in [0.2, 0.25) is 0 Å². The first-order chi connectivity index (χ1) is 12.4. The van der Waals surface area contributed by atoms with Crippen LogP contribution in [-0.2, 0) is 16.0 Å². The molecule has 2 amide bonds. The van der Waals surface area contributed by atoms with E-state index in [4.69, 9.17) is 10.5 Å². The summed E-state index contributed by atoms with van der Waals surface area (Å²) in [6.07, 6.45) is 0.320. The monoisotopic (exact) mass is 352 g/mol. The van der Waals surface area contributed by atoms with Gasteiger partial charge in [-0.15, -0.1) is 0 Å². The number of fused-ring (bicyclic) bond motifs is 1. The van der Waals surface area contributed by atoms with Gasteiger partial charge in [-0.05, 0) is 49.6 Å². The van der Waals surface area contributed by atoms with Crippen molar-refractivity contribution in [2.75, 3.05) is 11.5 Å². The van der Waals surface area contributed by atoms with Gasteiger partial charge in [-0.3, -0.25) is 14.4 Å². The second-order valence-electron chi connectivity index (χ2n) is 6.17. The highest BCUT2D eigenvalue weighted by Crippen LogP contribution is 2.30. The summed E-state index contributed by atoms with van der Waals surface area (Å²) in [4.78, 5) is 38.1. The van der Waals surface area contributed by atoms with Crippen LogP contribution < -0.4 is 10.6 Å². The minimum absolute atomic E-state index is 0.282. The number of aryl methyl sites for hydroxylation is 1. The molecular formula is C20H20N2O4. The van der Waals surface area contributed by atoms with Crippen LogP contribution >= 0.6 is 0 Å². The van der Waals surface area contributed by atoms with Crippen molar-refractivity contribution in [1.29, 1.82) is 0 Å². The summed E-state index contributed by atoms with van der Waals surface area (Å²) >= 11 is 0. The van der Waals surface area contributed by atoms with E-state index in [1.165, 1.54) is 4.90 Å². The van der Waals surface area contributed by atoms with Gasteiger partial charge < -0.3 is 10.5 Å². The lowest BCUT2D eigenvalue weighted by Crippen LogP contribution is -2.34. The summed E-state index contributed by atoms with van der Waals surface area (Å²) < 4.78 is 4.89. The number of hydrogen-bond acceptors (Lipinski definition) is 5. The van der Waals surface area contributed by atoms with Crippen molar-refractivity contribution in [3.05, 3.63) is 64.7 Å². The number of imide groups is 1. The molecule has 1 aliphatic rings. The first-order valence-electron chi connectivity index (χ1n) is 8.43. The number of benzene rings is 2. The van der Waals surface area contributed by atoms with Crippen LogP contribution in [0.5, 0.6) is 0 Å². The summed E-state index contributed by atoms with van der Waals surface area (Å²) in [7, 11) is 0. The molecule has 3 rings (SSSR count). The largest absolute Gasteiger partial charge is 0.465 e. The number of esters is 1. The minimum atomic E-state index is -0.747. The Morgan fingerprint density at radius 1 is 1.12 bits per heavy atom. The van der Waals surface area contributed by atoms with Crippen molar-refractivity contribution in [3.63, 3.8) is 0 Å². The van der Waals surface area contributed by atoms with Gasteiger partial charge >= 0.3 is 5.97 Å². The number of nitrogens with zero attached hydrogens (tertiary/aromatic N) is 1. The second kappa shape index (κ2) is 7.09. The molecule has 0 saturated carbocycles. The molecule has 2 aromatic rings. The zero-order chi connectivity index (χ0) is 18.8. The highest BCUT2D eigenvalue weighted by molar-refractivity contribution is 6.34. The predicted molar refractivity (Wildman–Crippen MR) is 97.1 cm³/mol. The molecule has 2 N–H and O–H groups in total. The maximum absolute atomic E-state index is 12.7. The number of hydrogen-bond donors (Lipinski definition) is 1. The minimum Gasteiger partial charge on any atom is -0.465 e. The number of carbonyl (C=O) groups excluding carboxylic acids is 3. The maximum Gasteiger partial charge on any atom is 0.323 e. The van der Waals surface area contributed by atoms with Crippen molar-refractivity contribution in [3.8, 4) is 0 Å². The summed E-state index contributed by atoms with van der Waals surface area (Å²) in [5.74, 6) is -1.10. The Bertz CT molecular complexity index is 874. The molecule has 2 aromatic carbocycles. The molecule has 0 spiro atoms. The van der Waals surface area contributed by atoms with Crippen molar-refractivity contribution < 1.29 is 19.1 Å². The smallest absolute Gasteiger partial charge is 0.323 e. The van der Waals surface area contributed by atoms with Gasteiger partial charge in [-0.25, -0.2) is 4.90 Å². The topological polar surface area (TPSA) is 89.7 Å². The summed E-state index contributed by atoms with van der Waals surface area (Å²) in [5, 5.41) is 0. The van der Waals surface area contributed by atoms with Crippen LogP contribution in [-0.4, -0.2) is 30.4 Å². The van der Waals surface area contributed by atoms with Crippen molar-refractivity contribution >= 4 is 23.5 Å². The third-order valence-corrected chi connectivity index (χ3v) is 4.36. The van der Waals surface area contributed by atoms with E-state index < -0.39 is 12.0 Å². The Balaban J connectivity index is 1.80. The zero-order valence-electron chi connectivity index (χ0n) is 14.7. The molecule has 1 atom stereocenters. The number of amides is 2. The van der Waals surface area contributed by atoms with E-state index >= 15 is 0 Å². The van der Waals surface area contributed by atoms with Crippen LogP contribution in [0.4, 0.5) is 5.69 Å². The molecule has 0 saturated heterocycles. The molecule has 6 nitrogen and oxygen atoms in total. The molecular weight excluding hydrogens is 332 g/mol. The van der Waals surface area contributed by atoms with Crippen molar-refractivity contribution in [2.45, 2.75) is 26.3 Å². The molecule has 134 valence electrons. The molecule has 0 fully saturated rings. The zero-order valence-corrected chi connectivity index (χ0v) is 14.7. The first-order valence-corrected chi connectivity index (χ1v) is 8.43. The lowest BCUT2D eigenvalue weighted by atomic mass is 10.0. The fraction of sp³-hybridized carbons (Fsp3) is 0.250. The molecule has 0 aliphatic carbocycles. The quantitative estimate of drug-likeness (QED) is 0.658. The molecule has 6 heteroatoms. The van der Waals surface area contributed by atoms with Crippen molar-refractivity contribution in [2.24, 2.45) is 5.73 Å². The third-order valence-electron chi connectivity index (χ3n) is 4.36. The number of carbonyl (C=O) groups is 3. The van der Waals surface area contributed by atoms with Gasteiger partial charge in [0.25, 0.3) is 11.8 Å². The normalized spacial score (nSPS) is 14.3. The predicted octanol–water partition coefficient (Wildman–Crippen LogP) is 2.23. The molecule has 0 bridgehead atoms. The van der Waals surface area contributed by atoms with E-state index in [1.807, 2.05) is 13.0 Å². The van der Waals surface area contributed by atoms with E-state index in [0.717, 1.165) is 11.1 Å². The number of rotatable bonds is 5. The standard InChI is InChI=1S/C20H20N2O4/c1-3-26-20(25)16(21)11-13-7-9-14(10-8-13)22-18(23)15-6-4-5-12(2)17(15)19(22)24/h4-10,16H,3,11,21H2,1-2H3/t16-/m0/s1. The summed E-state index contributed by atoms with van der Waals surface area (Å²) in [5.41, 5.74) is 8.78. The number of ether oxygens (including phenoxy) is 1. The van der Waals surface area contributed by atoms with E-state index in [9.17, 15) is 14.4 Å². The Hall–Kier alpha value is -2.99. The van der Waals surface area contributed by atoms with E-state index in [2.05, 4.69) is 0 Å². The van der Waals surface area contributed by atoms with Crippen LogP contribution in [0, 0.1) is 6.92 Å². The fourth-order valence-corrected chi connectivity index (χ4v) is 3.06. The molecule has 1 heterocycles. The Labute approximate surface area is 151 Å². The Morgan fingerprint density at radius 3 is 2.42 bits per heavy atom. The highest BCUT2D eigenvalue weighted by atomic mass is 16.5. The average molecular weight is 352 g/mol. The van der Waals surface area contributed by atoms with Gasteiger partial charge in [0.15, 0.2) is 0 Å². The van der Waals surface area contributed by atoms with Crippen LogP contribution in [0.15, 0.2) is 42.5 Å². The third kappa shape index (κ3) is 3.11. The molecule has 0 radical (unpaired) electrons. The van der Waals surface area contributed by atoms with Gasteiger partial charge in [-0.2, -0.15) is 0 Å². The first kappa shape index (κ1) is 17.8. The Kier molecular flexibility index (Phi) is 4.86. The van der Waals surface area contributed by atoms with Gasteiger partial charge in [0, 0.05) is 0 Å². The lowest BCUT2D eigenvalue weighted by molar-refractivity contribution is -0.144. The van der Waals surface area contributed by atoms with E-state index in [-0.39, 0.29) is 18.4 Å². The molecule has 26 heavy (non-hydrogen) atoms. The lowest BCUT2D eigenvalue weighted by Gasteiger charge is -2.15. The highest BCUT2D eigenvalue weighted by Gasteiger charge is 2.37. The van der Waals surface area contributed by atoms with Crippen LogP contribution in [0.25, 0.3) is 0 Å². The Morgan fingerprint density at radius 2 is 1.81 bits per heavy atom. The molecule has 1 aliphatic heterocycles. The average Bonchev–Trinajstić information content (AvgIpc) is 2.88. The summed E-state index contributed by atoms with van der Waals surface area (Å²) in [6, 6.07) is 11.4. The fourth-order valence-electron chi connectivity index (χ4n) is 3.06. The van der Waals surface area contributed by atoms with E-state index in [1.54, 1.807) is 43.3 Å². The molecule has 0 aromatic heterocycles. The maximum atomic E-state index is 12.7. The van der Waals surface area contributed by atoms with Crippen LogP contribution in [0.1, 0.15) is 38.8 Å². The SMILES string of the molecule is CCOC(=O)[C@@H](N)Cc1ccc(N2C(=O)c3cccc(C)c3C2=O)cc1.